The second kappa shape index (κ2) is 10.3. The van der Waals surface area contributed by atoms with Gasteiger partial charge in [-0.1, -0.05) is 29.8 Å². The summed E-state index contributed by atoms with van der Waals surface area (Å²) in [5, 5.41) is 23.6. The maximum absolute atomic E-state index is 12.9. The van der Waals surface area contributed by atoms with Crippen LogP contribution in [0.5, 0.6) is 11.5 Å². The Labute approximate surface area is 202 Å². The predicted molar refractivity (Wildman–Crippen MR) is 123 cm³/mol. The van der Waals surface area contributed by atoms with E-state index < -0.39 is 28.3 Å². The first kappa shape index (κ1) is 25.3. The van der Waals surface area contributed by atoms with Gasteiger partial charge in [-0.3, -0.25) is 14.9 Å². The smallest absolute Gasteiger partial charge is 0.416 e. The summed E-state index contributed by atoms with van der Waals surface area (Å²) in [6.45, 7) is 1.80. The molecular formula is C24H15ClF3N3O4. The van der Waals surface area contributed by atoms with E-state index in [1.165, 1.54) is 30.3 Å². The Kier molecular flexibility index (Phi) is 7.42. The highest BCUT2D eigenvalue weighted by molar-refractivity contribution is 6.31. The molecule has 0 radical (unpaired) electrons. The van der Waals surface area contributed by atoms with E-state index in [-0.39, 0.29) is 17.1 Å². The summed E-state index contributed by atoms with van der Waals surface area (Å²) in [4.78, 5) is 22.7. The molecule has 0 saturated heterocycles. The minimum absolute atomic E-state index is 0.0993. The minimum atomic E-state index is -4.74. The standard InChI is InChI=1S/C24H15ClF3N3O4/c1-14-2-6-18(12-20(14)25)30-23(32)16(13-29)10-15-3-7-19(8-4-15)35-22-9-5-17(24(26,27)28)11-21(22)31(33)34/h2-12H,1H3,(H,30,32)/b16-10-. The van der Waals surface area contributed by atoms with Crippen LogP contribution in [0.25, 0.3) is 6.08 Å². The van der Waals surface area contributed by atoms with Gasteiger partial charge in [0.2, 0.25) is 5.75 Å². The van der Waals surface area contributed by atoms with E-state index >= 15 is 0 Å². The van der Waals surface area contributed by atoms with Gasteiger partial charge in [0, 0.05) is 16.8 Å². The maximum atomic E-state index is 12.9. The van der Waals surface area contributed by atoms with Crippen LogP contribution < -0.4 is 10.1 Å². The summed E-state index contributed by atoms with van der Waals surface area (Å²) < 4.78 is 43.9. The van der Waals surface area contributed by atoms with Gasteiger partial charge in [0.1, 0.15) is 17.4 Å². The van der Waals surface area contributed by atoms with Crippen LogP contribution in [0.3, 0.4) is 0 Å². The first-order valence-corrected chi connectivity index (χ1v) is 10.2. The number of rotatable bonds is 6. The number of nitrogens with zero attached hydrogens (tertiary/aromatic N) is 2. The van der Waals surface area contributed by atoms with Crippen molar-refractivity contribution in [1.82, 2.24) is 0 Å². The molecule has 3 aromatic carbocycles. The molecule has 3 rings (SSSR count). The number of hydrogen-bond donors (Lipinski definition) is 1. The number of aryl methyl sites for hydroxylation is 1. The summed E-state index contributed by atoms with van der Waals surface area (Å²) in [5.74, 6) is -0.935. The minimum Gasteiger partial charge on any atom is -0.450 e. The van der Waals surface area contributed by atoms with Gasteiger partial charge >= 0.3 is 11.9 Å². The second-order valence-corrected chi connectivity index (χ2v) is 7.60. The molecule has 1 N–H and O–H groups in total. The third-order valence-electron chi connectivity index (χ3n) is 4.70. The molecular weight excluding hydrogens is 487 g/mol. The van der Waals surface area contributed by atoms with Crippen molar-refractivity contribution in [1.29, 1.82) is 5.26 Å². The highest BCUT2D eigenvalue weighted by atomic mass is 35.5. The number of hydrogen-bond acceptors (Lipinski definition) is 5. The van der Waals surface area contributed by atoms with Gasteiger partial charge in [-0.15, -0.1) is 0 Å². The topological polar surface area (TPSA) is 105 Å². The Morgan fingerprint density at radius 2 is 1.83 bits per heavy atom. The molecule has 0 saturated carbocycles. The fourth-order valence-electron chi connectivity index (χ4n) is 2.87. The van der Waals surface area contributed by atoms with Crippen LogP contribution in [0.15, 0.2) is 66.2 Å². The third kappa shape index (κ3) is 6.37. The monoisotopic (exact) mass is 501 g/mol. The number of benzene rings is 3. The van der Waals surface area contributed by atoms with Crippen molar-refractivity contribution in [3.63, 3.8) is 0 Å². The molecule has 0 fully saturated rings. The zero-order valence-electron chi connectivity index (χ0n) is 17.9. The van der Waals surface area contributed by atoms with Crippen molar-refractivity contribution >= 4 is 35.0 Å². The summed E-state index contributed by atoms with van der Waals surface area (Å²) in [6, 6.07) is 14.4. The average Bonchev–Trinajstić information content (AvgIpc) is 2.80. The van der Waals surface area contributed by atoms with E-state index in [1.54, 1.807) is 31.2 Å². The summed E-state index contributed by atoms with van der Waals surface area (Å²) >= 11 is 6.04. The molecule has 3 aromatic rings. The van der Waals surface area contributed by atoms with Gasteiger partial charge < -0.3 is 10.1 Å². The number of amides is 1. The van der Waals surface area contributed by atoms with Gasteiger partial charge in [0.05, 0.1) is 10.5 Å². The highest BCUT2D eigenvalue weighted by Gasteiger charge is 2.33. The lowest BCUT2D eigenvalue weighted by molar-refractivity contribution is -0.385. The fraction of sp³-hybridized carbons (Fsp3) is 0.0833. The van der Waals surface area contributed by atoms with Crippen LogP contribution in [-0.4, -0.2) is 10.8 Å². The molecule has 0 aromatic heterocycles. The lowest BCUT2D eigenvalue weighted by Gasteiger charge is -2.10. The van der Waals surface area contributed by atoms with E-state index in [4.69, 9.17) is 16.3 Å². The number of anilines is 1. The maximum Gasteiger partial charge on any atom is 0.416 e. The molecule has 0 bridgehead atoms. The lowest BCUT2D eigenvalue weighted by atomic mass is 10.1. The first-order chi connectivity index (χ1) is 16.5. The SMILES string of the molecule is Cc1ccc(NC(=O)/C(C#N)=C\c2ccc(Oc3ccc(C(F)(F)F)cc3[N+](=O)[O-])cc2)cc1Cl. The Bertz CT molecular complexity index is 1360. The zero-order chi connectivity index (χ0) is 25.8. The first-order valence-electron chi connectivity index (χ1n) is 9.81. The largest absolute Gasteiger partial charge is 0.450 e. The molecule has 1 amide bonds. The molecule has 35 heavy (non-hydrogen) atoms. The Morgan fingerprint density at radius 1 is 1.14 bits per heavy atom. The van der Waals surface area contributed by atoms with Crippen LogP contribution in [0.1, 0.15) is 16.7 Å². The second-order valence-electron chi connectivity index (χ2n) is 7.20. The Hall–Kier alpha value is -4.36. The van der Waals surface area contributed by atoms with E-state index in [0.29, 0.717) is 28.4 Å². The van der Waals surface area contributed by atoms with E-state index in [2.05, 4.69) is 5.32 Å². The van der Waals surface area contributed by atoms with E-state index in [0.717, 1.165) is 11.6 Å². The highest BCUT2D eigenvalue weighted by Crippen LogP contribution is 2.37. The number of nitro groups is 1. The van der Waals surface area contributed by atoms with Crippen molar-refractivity contribution in [3.05, 3.63) is 98.1 Å². The van der Waals surface area contributed by atoms with Crippen LogP contribution in [0.4, 0.5) is 24.5 Å². The third-order valence-corrected chi connectivity index (χ3v) is 5.10. The van der Waals surface area contributed by atoms with Gasteiger partial charge in [-0.05, 0) is 60.5 Å². The quantitative estimate of drug-likeness (QED) is 0.171. The number of nitro benzene ring substituents is 1. The molecule has 0 spiro atoms. The summed E-state index contributed by atoms with van der Waals surface area (Å²) in [5.41, 5.74) is -0.546. The van der Waals surface area contributed by atoms with Crippen molar-refractivity contribution in [2.45, 2.75) is 13.1 Å². The molecule has 0 aliphatic rings. The number of carbonyl (C=O) groups excluding carboxylic acids is 1. The number of nitriles is 1. The van der Waals surface area contributed by atoms with Crippen molar-refractivity contribution < 1.29 is 27.6 Å². The molecule has 0 unspecified atom stereocenters. The molecule has 178 valence electrons. The molecule has 11 heteroatoms. The Morgan fingerprint density at radius 3 is 2.40 bits per heavy atom. The van der Waals surface area contributed by atoms with E-state index in [9.17, 15) is 33.3 Å². The van der Waals surface area contributed by atoms with Gasteiger partial charge in [0.25, 0.3) is 5.91 Å². The fourth-order valence-corrected chi connectivity index (χ4v) is 3.05. The molecule has 0 aliphatic carbocycles. The summed E-state index contributed by atoms with van der Waals surface area (Å²) in [7, 11) is 0. The molecule has 7 nitrogen and oxygen atoms in total. The van der Waals surface area contributed by atoms with Gasteiger partial charge in [0.15, 0.2) is 0 Å². The Balaban J connectivity index is 1.78. The molecule has 0 aliphatic heterocycles. The van der Waals surface area contributed by atoms with Crippen molar-refractivity contribution in [2.75, 3.05) is 5.32 Å². The van der Waals surface area contributed by atoms with Gasteiger partial charge in [-0.2, -0.15) is 18.4 Å². The van der Waals surface area contributed by atoms with Gasteiger partial charge in [-0.25, -0.2) is 0 Å². The predicted octanol–water partition coefficient (Wildman–Crippen LogP) is 6.91. The lowest BCUT2D eigenvalue weighted by Crippen LogP contribution is -2.13. The summed E-state index contributed by atoms with van der Waals surface area (Å²) in [6.07, 6.45) is -3.43. The van der Waals surface area contributed by atoms with Crippen molar-refractivity contribution in [2.24, 2.45) is 0 Å². The molecule has 0 heterocycles. The zero-order valence-corrected chi connectivity index (χ0v) is 18.6. The normalized spacial score (nSPS) is 11.5. The number of ether oxygens (including phenoxy) is 1. The van der Waals surface area contributed by atoms with Crippen LogP contribution in [0, 0.1) is 28.4 Å². The number of carbonyl (C=O) groups is 1. The number of nitrogens with one attached hydrogen (secondary N) is 1. The van der Waals surface area contributed by atoms with Crippen LogP contribution >= 0.6 is 11.6 Å². The van der Waals surface area contributed by atoms with E-state index in [1.807, 2.05) is 0 Å². The number of alkyl halides is 3. The van der Waals surface area contributed by atoms with Crippen LogP contribution in [-0.2, 0) is 11.0 Å². The van der Waals surface area contributed by atoms with Crippen LogP contribution in [0.2, 0.25) is 5.02 Å². The average molecular weight is 502 g/mol. The number of halogens is 4. The van der Waals surface area contributed by atoms with Crippen molar-refractivity contribution in [3.8, 4) is 17.6 Å². The molecule has 0 atom stereocenters.